The van der Waals surface area contributed by atoms with Gasteiger partial charge in [-0.3, -0.25) is 9.59 Å². The van der Waals surface area contributed by atoms with Gasteiger partial charge in [0.1, 0.15) is 6.54 Å². The standard InChI is InChI=1S/C22H26F3N3O2/c1-3-11-27(21(30)16-6-4-7-17(13-16)22(23,24)25)15-20(29)28(18-9-10-18)14-19-8-5-12-26(19)2/h4-8,12-13,18H,3,9-11,14-15H2,1-2H3. The van der Waals surface area contributed by atoms with Crippen LogP contribution in [0.25, 0.3) is 0 Å². The van der Waals surface area contributed by atoms with Crippen LogP contribution in [0.2, 0.25) is 0 Å². The number of hydrogen-bond acceptors (Lipinski definition) is 2. The Balaban J connectivity index is 1.76. The number of rotatable bonds is 8. The highest BCUT2D eigenvalue weighted by molar-refractivity contribution is 5.96. The summed E-state index contributed by atoms with van der Waals surface area (Å²) in [6.45, 7) is 2.46. The maximum atomic E-state index is 13.1. The van der Waals surface area contributed by atoms with Gasteiger partial charge in [0.05, 0.1) is 12.1 Å². The molecule has 0 radical (unpaired) electrons. The third-order valence-electron chi connectivity index (χ3n) is 5.24. The van der Waals surface area contributed by atoms with Crippen LogP contribution in [-0.2, 0) is 24.6 Å². The van der Waals surface area contributed by atoms with E-state index < -0.39 is 17.6 Å². The molecule has 0 N–H and O–H groups in total. The molecule has 1 saturated carbocycles. The number of hydrogen-bond donors (Lipinski definition) is 0. The summed E-state index contributed by atoms with van der Waals surface area (Å²) in [7, 11) is 1.91. The third kappa shape index (κ3) is 5.23. The first-order chi connectivity index (χ1) is 14.2. The lowest BCUT2D eigenvalue weighted by Crippen LogP contribution is -2.44. The van der Waals surface area contributed by atoms with E-state index in [0.29, 0.717) is 19.5 Å². The van der Waals surface area contributed by atoms with Crippen LogP contribution in [0.15, 0.2) is 42.6 Å². The molecule has 2 aromatic rings. The predicted molar refractivity (Wildman–Crippen MR) is 107 cm³/mol. The van der Waals surface area contributed by atoms with E-state index in [9.17, 15) is 22.8 Å². The molecule has 0 spiro atoms. The van der Waals surface area contributed by atoms with Crippen LogP contribution < -0.4 is 0 Å². The summed E-state index contributed by atoms with van der Waals surface area (Å²) >= 11 is 0. The number of benzene rings is 1. The van der Waals surface area contributed by atoms with Gasteiger partial charge in [-0.25, -0.2) is 0 Å². The largest absolute Gasteiger partial charge is 0.416 e. The molecule has 2 amide bonds. The van der Waals surface area contributed by atoms with E-state index in [-0.39, 0.29) is 24.1 Å². The molecule has 1 heterocycles. The van der Waals surface area contributed by atoms with Crippen molar-refractivity contribution < 1.29 is 22.8 Å². The minimum absolute atomic E-state index is 0.0634. The van der Waals surface area contributed by atoms with Crippen LogP contribution in [0, 0.1) is 0 Å². The van der Waals surface area contributed by atoms with Gasteiger partial charge in [-0.05, 0) is 49.6 Å². The van der Waals surface area contributed by atoms with E-state index in [1.54, 1.807) is 4.90 Å². The summed E-state index contributed by atoms with van der Waals surface area (Å²) in [6, 6.07) is 8.35. The van der Waals surface area contributed by atoms with Gasteiger partial charge in [0.15, 0.2) is 0 Å². The van der Waals surface area contributed by atoms with Crippen molar-refractivity contribution in [3.63, 3.8) is 0 Å². The Morgan fingerprint density at radius 3 is 2.47 bits per heavy atom. The molecular weight excluding hydrogens is 395 g/mol. The Bertz CT molecular complexity index is 903. The van der Waals surface area contributed by atoms with Crippen LogP contribution >= 0.6 is 0 Å². The van der Waals surface area contributed by atoms with Gasteiger partial charge in [-0.1, -0.05) is 13.0 Å². The van der Waals surface area contributed by atoms with Crippen molar-refractivity contribution in [2.24, 2.45) is 7.05 Å². The van der Waals surface area contributed by atoms with E-state index in [0.717, 1.165) is 30.7 Å². The first kappa shape index (κ1) is 21.9. The minimum atomic E-state index is -4.53. The molecule has 3 rings (SSSR count). The Hall–Kier alpha value is -2.77. The first-order valence-electron chi connectivity index (χ1n) is 10.1. The first-order valence-corrected chi connectivity index (χ1v) is 10.1. The average molecular weight is 421 g/mol. The molecule has 1 fully saturated rings. The second-order valence-electron chi connectivity index (χ2n) is 7.67. The monoisotopic (exact) mass is 421 g/mol. The Labute approximate surface area is 174 Å². The van der Waals surface area contributed by atoms with Gasteiger partial charge < -0.3 is 14.4 Å². The van der Waals surface area contributed by atoms with E-state index in [1.165, 1.54) is 17.0 Å². The van der Waals surface area contributed by atoms with Crippen molar-refractivity contribution in [1.29, 1.82) is 0 Å². The number of halogens is 3. The molecular formula is C22H26F3N3O2. The lowest BCUT2D eigenvalue weighted by Gasteiger charge is -2.28. The lowest BCUT2D eigenvalue weighted by molar-refractivity contribution is -0.137. The van der Waals surface area contributed by atoms with Crippen molar-refractivity contribution in [2.75, 3.05) is 13.1 Å². The topological polar surface area (TPSA) is 45.6 Å². The second kappa shape index (κ2) is 8.93. The summed E-state index contributed by atoms with van der Waals surface area (Å²) < 4.78 is 41.0. The highest BCUT2D eigenvalue weighted by Gasteiger charge is 2.35. The fourth-order valence-electron chi connectivity index (χ4n) is 3.43. The number of aromatic nitrogens is 1. The van der Waals surface area contributed by atoms with Crippen LogP contribution in [0.4, 0.5) is 13.2 Å². The Morgan fingerprint density at radius 2 is 1.90 bits per heavy atom. The molecule has 1 aliphatic rings. The highest BCUT2D eigenvalue weighted by Crippen LogP contribution is 2.30. The maximum absolute atomic E-state index is 13.1. The summed E-state index contributed by atoms with van der Waals surface area (Å²) in [5.74, 6) is -0.751. The summed E-state index contributed by atoms with van der Waals surface area (Å²) in [5, 5.41) is 0. The van der Waals surface area contributed by atoms with Gasteiger partial charge >= 0.3 is 6.18 Å². The Kier molecular flexibility index (Phi) is 6.53. The van der Waals surface area contributed by atoms with Crippen molar-refractivity contribution >= 4 is 11.8 Å². The van der Waals surface area contributed by atoms with E-state index in [1.807, 2.05) is 36.9 Å². The molecule has 1 aromatic carbocycles. The normalized spacial score (nSPS) is 13.9. The lowest BCUT2D eigenvalue weighted by atomic mass is 10.1. The molecule has 0 bridgehead atoms. The molecule has 1 aliphatic carbocycles. The van der Waals surface area contributed by atoms with Crippen molar-refractivity contribution in [2.45, 2.75) is 44.9 Å². The fourth-order valence-corrected chi connectivity index (χ4v) is 3.43. The van der Waals surface area contributed by atoms with Crippen molar-refractivity contribution in [1.82, 2.24) is 14.4 Å². The molecule has 0 saturated heterocycles. The zero-order chi connectivity index (χ0) is 21.9. The Morgan fingerprint density at radius 1 is 1.17 bits per heavy atom. The smallest absolute Gasteiger partial charge is 0.353 e. The van der Waals surface area contributed by atoms with Gasteiger partial charge in [0.2, 0.25) is 5.91 Å². The highest BCUT2D eigenvalue weighted by atomic mass is 19.4. The average Bonchev–Trinajstić information content (AvgIpc) is 3.46. The number of aryl methyl sites for hydroxylation is 1. The number of carbonyl (C=O) groups excluding carboxylic acids is 2. The van der Waals surface area contributed by atoms with Gasteiger partial charge in [-0.2, -0.15) is 13.2 Å². The zero-order valence-corrected chi connectivity index (χ0v) is 17.2. The van der Waals surface area contributed by atoms with Crippen LogP contribution in [0.3, 0.4) is 0 Å². The predicted octanol–water partition coefficient (Wildman–Crippen LogP) is 4.09. The van der Waals surface area contributed by atoms with Gasteiger partial charge in [0, 0.05) is 37.1 Å². The van der Waals surface area contributed by atoms with Crippen LogP contribution in [-0.4, -0.2) is 45.3 Å². The second-order valence-corrected chi connectivity index (χ2v) is 7.67. The van der Waals surface area contributed by atoms with Crippen LogP contribution in [0.5, 0.6) is 0 Å². The maximum Gasteiger partial charge on any atom is 0.416 e. The van der Waals surface area contributed by atoms with Crippen molar-refractivity contribution in [3.05, 3.63) is 59.4 Å². The number of alkyl halides is 3. The molecule has 162 valence electrons. The molecule has 0 unspecified atom stereocenters. The molecule has 0 aliphatic heterocycles. The summed E-state index contributed by atoms with van der Waals surface area (Å²) in [6.07, 6.45) is -0.179. The van der Waals surface area contributed by atoms with Crippen molar-refractivity contribution in [3.8, 4) is 0 Å². The fraction of sp³-hybridized carbons (Fsp3) is 0.455. The van der Waals surface area contributed by atoms with Crippen LogP contribution in [0.1, 0.15) is 47.8 Å². The zero-order valence-electron chi connectivity index (χ0n) is 17.2. The minimum Gasteiger partial charge on any atom is -0.353 e. The summed E-state index contributed by atoms with van der Waals surface area (Å²) in [4.78, 5) is 29.1. The molecule has 0 atom stereocenters. The number of carbonyl (C=O) groups is 2. The number of amides is 2. The number of nitrogens with zero attached hydrogens (tertiary/aromatic N) is 3. The van der Waals surface area contributed by atoms with E-state index >= 15 is 0 Å². The quantitative estimate of drug-likeness (QED) is 0.645. The van der Waals surface area contributed by atoms with E-state index in [2.05, 4.69) is 0 Å². The van der Waals surface area contributed by atoms with Gasteiger partial charge in [0.25, 0.3) is 5.91 Å². The molecule has 30 heavy (non-hydrogen) atoms. The molecule has 1 aromatic heterocycles. The third-order valence-corrected chi connectivity index (χ3v) is 5.24. The summed E-state index contributed by atoms with van der Waals surface area (Å²) in [5.41, 5.74) is 0.0485. The SMILES string of the molecule is CCCN(CC(=O)N(Cc1cccn1C)C1CC1)C(=O)c1cccc(C(F)(F)F)c1. The van der Waals surface area contributed by atoms with E-state index in [4.69, 9.17) is 0 Å². The molecule has 8 heteroatoms. The molecule has 5 nitrogen and oxygen atoms in total. The van der Waals surface area contributed by atoms with Gasteiger partial charge in [-0.15, -0.1) is 0 Å².